The monoisotopic (exact) mass is 321 g/mol. The highest BCUT2D eigenvalue weighted by molar-refractivity contribution is 9.10. The maximum absolute atomic E-state index is 10.5. The van der Waals surface area contributed by atoms with Gasteiger partial charge in [0.1, 0.15) is 11.5 Å². The summed E-state index contributed by atoms with van der Waals surface area (Å²) >= 11 is 3.38. The Labute approximate surface area is 119 Å². The van der Waals surface area contributed by atoms with E-state index in [1.165, 1.54) is 0 Å². The molecule has 0 aliphatic carbocycles. The molecule has 5 heteroatoms. The molecule has 98 valence electrons. The number of carbonyl (C=O) groups excluding carboxylic acids is 1. The molecule has 0 saturated carbocycles. The van der Waals surface area contributed by atoms with Crippen LogP contribution in [-0.2, 0) is 4.79 Å². The standard InChI is InChI=1S/C14H12BrNO3/c15-11-5-1-3-7-13(11)18-10-19-14-8-4-2-6-12(14)16-9-17/h1-9H,10H2,(H,16,17). The molecule has 0 bridgehead atoms. The number of carbonyl (C=O) groups is 1. The van der Waals surface area contributed by atoms with Crippen molar-refractivity contribution >= 4 is 28.0 Å². The number of ether oxygens (including phenoxy) is 2. The summed E-state index contributed by atoms with van der Waals surface area (Å²) in [7, 11) is 0. The molecule has 1 amide bonds. The van der Waals surface area contributed by atoms with Crippen LogP contribution in [0.5, 0.6) is 11.5 Å². The number of rotatable bonds is 6. The zero-order valence-corrected chi connectivity index (χ0v) is 11.6. The number of hydrogen-bond acceptors (Lipinski definition) is 3. The van der Waals surface area contributed by atoms with Crippen LogP contribution in [0.1, 0.15) is 0 Å². The first-order valence-corrected chi connectivity index (χ1v) is 6.40. The minimum Gasteiger partial charge on any atom is -0.456 e. The predicted octanol–water partition coefficient (Wildman–Crippen LogP) is 3.43. The summed E-state index contributed by atoms with van der Waals surface area (Å²) in [4.78, 5) is 10.5. The van der Waals surface area contributed by atoms with Crippen molar-refractivity contribution in [3.8, 4) is 11.5 Å². The molecule has 0 radical (unpaired) electrons. The van der Waals surface area contributed by atoms with Crippen molar-refractivity contribution < 1.29 is 14.3 Å². The lowest BCUT2D eigenvalue weighted by molar-refractivity contribution is -0.105. The molecule has 2 aromatic carbocycles. The van der Waals surface area contributed by atoms with Gasteiger partial charge in [-0.25, -0.2) is 0 Å². The second kappa shape index (κ2) is 6.80. The minimum absolute atomic E-state index is 0.0557. The van der Waals surface area contributed by atoms with E-state index in [1.54, 1.807) is 12.1 Å². The topological polar surface area (TPSA) is 47.6 Å². The number of anilines is 1. The molecule has 0 saturated heterocycles. The third kappa shape index (κ3) is 3.72. The largest absolute Gasteiger partial charge is 0.456 e. The Bertz CT molecular complexity index is 560. The lowest BCUT2D eigenvalue weighted by Gasteiger charge is -2.12. The summed E-state index contributed by atoms with van der Waals surface area (Å²) < 4.78 is 11.8. The Morgan fingerprint density at radius 3 is 2.37 bits per heavy atom. The maximum atomic E-state index is 10.5. The molecule has 0 aromatic heterocycles. The number of benzene rings is 2. The van der Waals surface area contributed by atoms with Crippen LogP contribution in [0.3, 0.4) is 0 Å². The van der Waals surface area contributed by atoms with Crippen molar-refractivity contribution in [1.29, 1.82) is 0 Å². The van der Waals surface area contributed by atoms with Crippen molar-refractivity contribution in [3.63, 3.8) is 0 Å². The lowest BCUT2D eigenvalue weighted by atomic mass is 10.3. The highest BCUT2D eigenvalue weighted by Gasteiger charge is 2.03. The summed E-state index contributed by atoms with van der Waals surface area (Å²) in [6, 6.07) is 14.7. The molecule has 19 heavy (non-hydrogen) atoms. The summed E-state index contributed by atoms with van der Waals surface area (Å²) in [5.74, 6) is 1.25. The Morgan fingerprint density at radius 1 is 1.00 bits per heavy atom. The predicted molar refractivity (Wildman–Crippen MR) is 76.4 cm³/mol. The van der Waals surface area contributed by atoms with E-state index >= 15 is 0 Å². The minimum atomic E-state index is 0.0557. The number of amides is 1. The molecule has 0 atom stereocenters. The van der Waals surface area contributed by atoms with Gasteiger partial charge in [-0.3, -0.25) is 4.79 Å². The van der Waals surface area contributed by atoms with Crippen LogP contribution < -0.4 is 14.8 Å². The molecule has 0 heterocycles. The van der Waals surface area contributed by atoms with Crippen LogP contribution in [0.4, 0.5) is 5.69 Å². The molecule has 0 aliphatic heterocycles. The van der Waals surface area contributed by atoms with Gasteiger partial charge in [0.25, 0.3) is 0 Å². The number of halogens is 1. The van der Waals surface area contributed by atoms with Crippen molar-refractivity contribution in [3.05, 3.63) is 53.0 Å². The number of hydrogen-bond donors (Lipinski definition) is 1. The van der Waals surface area contributed by atoms with Gasteiger partial charge in [-0.15, -0.1) is 0 Å². The van der Waals surface area contributed by atoms with Crippen molar-refractivity contribution in [2.75, 3.05) is 12.1 Å². The highest BCUT2D eigenvalue weighted by Crippen LogP contribution is 2.26. The summed E-state index contributed by atoms with van der Waals surface area (Å²) in [5.41, 5.74) is 0.605. The summed E-state index contributed by atoms with van der Waals surface area (Å²) in [6.45, 7) is 0.0557. The highest BCUT2D eigenvalue weighted by atomic mass is 79.9. The molecule has 4 nitrogen and oxygen atoms in total. The van der Waals surface area contributed by atoms with Gasteiger partial charge in [0.15, 0.2) is 0 Å². The Morgan fingerprint density at radius 2 is 1.63 bits per heavy atom. The van der Waals surface area contributed by atoms with Gasteiger partial charge >= 0.3 is 0 Å². The van der Waals surface area contributed by atoms with E-state index < -0.39 is 0 Å². The Hall–Kier alpha value is -2.01. The van der Waals surface area contributed by atoms with Crippen LogP contribution in [0.25, 0.3) is 0 Å². The van der Waals surface area contributed by atoms with E-state index in [0.29, 0.717) is 23.6 Å². The van der Waals surface area contributed by atoms with Crippen LogP contribution in [0.2, 0.25) is 0 Å². The van der Waals surface area contributed by atoms with Crippen LogP contribution in [0.15, 0.2) is 53.0 Å². The van der Waals surface area contributed by atoms with E-state index in [0.717, 1.165) is 4.47 Å². The van der Waals surface area contributed by atoms with Crippen molar-refractivity contribution in [2.24, 2.45) is 0 Å². The van der Waals surface area contributed by atoms with Crippen LogP contribution in [-0.4, -0.2) is 13.2 Å². The quantitative estimate of drug-likeness (QED) is 0.655. The van der Waals surface area contributed by atoms with Gasteiger partial charge in [0.2, 0.25) is 13.2 Å². The lowest BCUT2D eigenvalue weighted by Crippen LogP contribution is -2.07. The van der Waals surface area contributed by atoms with Crippen molar-refractivity contribution in [2.45, 2.75) is 0 Å². The van der Waals surface area contributed by atoms with Gasteiger partial charge in [0.05, 0.1) is 10.2 Å². The molecule has 0 spiro atoms. The molecule has 2 aromatic rings. The first-order valence-electron chi connectivity index (χ1n) is 5.60. The fourth-order valence-corrected chi connectivity index (χ4v) is 1.89. The second-order valence-electron chi connectivity index (χ2n) is 3.60. The van der Waals surface area contributed by atoms with Gasteiger partial charge < -0.3 is 14.8 Å². The Balaban J connectivity index is 1.96. The molecule has 0 unspecified atom stereocenters. The summed E-state index contributed by atoms with van der Waals surface area (Å²) in [6.07, 6.45) is 0.608. The molecule has 1 N–H and O–H groups in total. The first kappa shape index (κ1) is 13.4. The average Bonchev–Trinajstić information content (AvgIpc) is 2.43. The first-order chi connectivity index (χ1) is 9.31. The third-order valence-electron chi connectivity index (χ3n) is 2.37. The van der Waals surface area contributed by atoms with E-state index in [4.69, 9.17) is 9.47 Å². The normalized spacial score (nSPS) is 9.74. The second-order valence-corrected chi connectivity index (χ2v) is 4.45. The van der Waals surface area contributed by atoms with Crippen LogP contribution in [0, 0.1) is 0 Å². The zero-order chi connectivity index (χ0) is 13.5. The van der Waals surface area contributed by atoms with E-state index in [1.807, 2.05) is 36.4 Å². The van der Waals surface area contributed by atoms with Gasteiger partial charge in [-0.1, -0.05) is 24.3 Å². The van der Waals surface area contributed by atoms with E-state index in [-0.39, 0.29) is 6.79 Å². The SMILES string of the molecule is O=CNc1ccccc1OCOc1ccccc1Br. The molecule has 2 rings (SSSR count). The molecule has 0 fully saturated rings. The molecule has 0 aliphatic rings. The van der Waals surface area contributed by atoms with E-state index in [2.05, 4.69) is 21.2 Å². The van der Waals surface area contributed by atoms with E-state index in [9.17, 15) is 4.79 Å². The number of para-hydroxylation sites is 3. The molecular weight excluding hydrogens is 310 g/mol. The smallest absolute Gasteiger partial charge is 0.231 e. The fourth-order valence-electron chi connectivity index (χ4n) is 1.49. The zero-order valence-electron chi connectivity index (χ0n) is 10.0. The van der Waals surface area contributed by atoms with Gasteiger partial charge in [0, 0.05) is 0 Å². The average molecular weight is 322 g/mol. The number of nitrogens with one attached hydrogen (secondary N) is 1. The van der Waals surface area contributed by atoms with Crippen LogP contribution >= 0.6 is 15.9 Å². The summed E-state index contributed by atoms with van der Waals surface area (Å²) in [5, 5.41) is 2.57. The molecular formula is C14H12BrNO3. The maximum Gasteiger partial charge on any atom is 0.231 e. The van der Waals surface area contributed by atoms with Gasteiger partial charge in [-0.2, -0.15) is 0 Å². The Kier molecular flexibility index (Phi) is 4.80. The van der Waals surface area contributed by atoms with Crippen molar-refractivity contribution in [1.82, 2.24) is 0 Å². The van der Waals surface area contributed by atoms with Gasteiger partial charge in [-0.05, 0) is 40.2 Å². The fraction of sp³-hybridized carbons (Fsp3) is 0.0714. The third-order valence-corrected chi connectivity index (χ3v) is 3.02.